The Hall–Kier alpha value is -3.14. The Morgan fingerprint density at radius 1 is 1.45 bits per heavy atom. The summed E-state index contributed by atoms with van der Waals surface area (Å²) in [5.41, 5.74) is 5.75. The summed E-state index contributed by atoms with van der Waals surface area (Å²) in [6, 6.07) is 7.20. The lowest BCUT2D eigenvalue weighted by atomic mass is 10.3. The summed E-state index contributed by atoms with van der Waals surface area (Å²) >= 11 is 5.70. The van der Waals surface area contributed by atoms with Gasteiger partial charge in [0.1, 0.15) is 4.92 Å². The number of amidine groups is 1. The van der Waals surface area contributed by atoms with Gasteiger partial charge in [0.2, 0.25) is 0 Å². The van der Waals surface area contributed by atoms with E-state index in [4.69, 9.17) is 17.3 Å². The number of nitro groups is 1. The lowest BCUT2D eigenvalue weighted by Crippen LogP contribution is -2.17. The molecule has 0 aliphatic heterocycles. The van der Waals surface area contributed by atoms with Crippen molar-refractivity contribution in [3.8, 4) is 0 Å². The maximum atomic E-state index is 11.5. The first-order valence-electron chi connectivity index (χ1n) is 5.64. The number of anilines is 1. The zero-order valence-corrected chi connectivity index (χ0v) is 11.5. The Morgan fingerprint density at radius 3 is 2.73 bits per heavy atom. The number of benzene rings is 1. The molecular formula is C11H8ClN5O5. The number of nitrogens with one attached hydrogen (secondary N) is 1. The third-order valence-electron chi connectivity index (χ3n) is 2.26. The molecule has 22 heavy (non-hydrogen) atoms. The quantitative estimate of drug-likeness (QED) is 0.287. The molecule has 0 spiro atoms. The summed E-state index contributed by atoms with van der Waals surface area (Å²) < 4.78 is 4.38. The molecule has 1 amide bonds. The van der Waals surface area contributed by atoms with Crippen LogP contribution in [0.15, 0.2) is 40.0 Å². The number of nitrogens with zero attached hydrogens (tertiary/aromatic N) is 3. The molecule has 1 heterocycles. The van der Waals surface area contributed by atoms with Gasteiger partial charge >= 0.3 is 12.0 Å². The molecule has 0 saturated carbocycles. The number of hydrogen-bond acceptors (Lipinski definition) is 7. The standard InChI is InChI=1S/C11H8ClN5O5/c12-6-1-3-7(4-2-6)14-11(18)22-16-10(13)8-5-9(17(19)20)21-15-8/h1-5H,(H2,13,16)(H,14,18). The predicted octanol–water partition coefficient (Wildman–Crippen LogP) is 2.11. The van der Waals surface area contributed by atoms with Crippen molar-refractivity contribution in [2.24, 2.45) is 10.9 Å². The van der Waals surface area contributed by atoms with Gasteiger partial charge in [-0.25, -0.2) is 4.79 Å². The third kappa shape index (κ3) is 3.93. The monoisotopic (exact) mass is 325 g/mol. The first-order valence-corrected chi connectivity index (χ1v) is 6.02. The summed E-state index contributed by atoms with van der Waals surface area (Å²) in [5.74, 6) is -0.970. The minimum atomic E-state index is -0.914. The number of carbonyl (C=O) groups is 1. The van der Waals surface area contributed by atoms with Gasteiger partial charge in [0.15, 0.2) is 11.5 Å². The molecule has 11 heteroatoms. The molecule has 3 N–H and O–H groups in total. The molecule has 0 fully saturated rings. The van der Waals surface area contributed by atoms with Crippen molar-refractivity contribution < 1.29 is 19.1 Å². The highest BCUT2D eigenvalue weighted by atomic mass is 35.5. The summed E-state index contributed by atoms with van der Waals surface area (Å²) in [6.45, 7) is 0. The number of nitrogens with two attached hydrogens (primary N) is 1. The maximum Gasteiger partial charge on any atom is 0.456 e. The van der Waals surface area contributed by atoms with E-state index in [9.17, 15) is 14.9 Å². The molecule has 0 atom stereocenters. The second kappa shape index (κ2) is 6.54. The summed E-state index contributed by atoms with van der Waals surface area (Å²) in [5, 5.41) is 19.9. The van der Waals surface area contributed by atoms with Gasteiger partial charge in [-0.2, -0.15) is 0 Å². The predicted molar refractivity (Wildman–Crippen MR) is 75.4 cm³/mol. The molecule has 114 valence electrons. The highest BCUT2D eigenvalue weighted by molar-refractivity contribution is 6.30. The van der Waals surface area contributed by atoms with Crippen LogP contribution < -0.4 is 11.1 Å². The van der Waals surface area contributed by atoms with Crippen LogP contribution in [0.25, 0.3) is 0 Å². The van der Waals surface area contributed by atoms with Gasteiger partial charge in [-0.3, -0.25) is 24.8 Å². The number of oxime groups is 1. The lowest BCUT2D eigenvalue weighted by molar-refractivity contribution is -0.404. The number of rotatable bonds is 4. The Labute approximate surface area is 127 Å². The first kappa shape index (κ1) is 15.3. The smallest absolute Gasteiger partial charge is 0.379 e. The Balaban J connectivity index is 1.96. The van der Waals surface area contributed by atoms with Crippen LogP contribution in [0, 0.1) is 10.1 Å². The van der Waals surface area contributed by atoms with Crippen LogP contribution >= 0.6 is 11.6 Å². The second-order valence-electron chi connectivity index (χ2n) is 3.79. The van der Waals surface area contributed by atoms with Gasteiger partial charge in [0.25, 0.3) is 0 Å². The average Bonchev–Trinajstić information content (AvgIpc) is 2.97. The number of amides is 1. The van der Waals surface area contributed by atoms with Crippen molar-refractivity contribution in [2.75, 3.05) is 5.32 Å². The van der Waals surface area contributed by atoms with Gasteiger partial charge in [0, 0.05) is 10.7 Å². The summed E-state index contributed by atoms with van der Waals surface area (Å²) in [6.07, 6.45) is -0.914. The van der Waals surface area contributed by atoms with Gasteiger partial charge in [0.05, 0.1) is 6.07 Å². The van der Waals surface area contributed by atoms with E-state index in [-0.39, 0.29) is 11.5 Å². The largest absolute Gasteiger partial charge is 0.456 e. The highest BCUT2D eigenvalue weighted by Crippen LogP contribution is 2.14. The Kier molecular flexibility index (Phi) is 4.53. The molecule has 0 aliphatic carbocycles. The van der Waals surface area contributed by atoms with Crippen LogP contribution in [0.2, 0.25) is 5.02 Å². The molecule has 1 aromatic carbocycles. The van der Waals surface area contributed by atoms with Crippen LogP contribution in [0.5, 0.6) is 0 Å². The molecule has 0 radical (unpaired) electrons. The zero-order chi connectivity index (χ0) is 16.1. The lowest BCUT2D eigenvalue weighted by Gasteiger charge is -2.02. The minimum absolute atomic E-state index is 0.133. The number of carbonyl (C=O) groups excluding carboxylic acids is 1. The van der Waals surface area contributed by atoms with Gasteiger partial charge < -0.3 is 5.73 Å². The maximum absolute atomic E-state index is 11.5. The van der Waals surface area contributed by atoms with Gasteiger partial charge in [-0.05, 0) is 24.3 Å². The average molecular weight is 326 g/mol. The van der Waals surface area contributed by atoms with E-state index in [0.717, 1.165) is 6.07 Å². The third-order valence-corrected chi connectivity index (χ3v) is 2.51. The van der Waals surface area contributed by atoms with Crippen molar-refractivity contribution in [1.29, 1.82) is 0 Å². The van der Waals surface area contributed by atoms with Crippen molar-refractivity contribution in [2.45, 2.75) is 0 Å². The molecule has 0 aliphatic rings. The van der Waals surface area contributed by atoms with Crippen molar-refractivity contribution in [3.05, 3.63) is 51.2 Å². The molecule has 10 nitrogen and oxygen atoms in total. The van der Waals surface area contributed by atoms with Gasteiger partial charge in [-0.1, -0.05) is 21.9 Å². The van der Waals surface area contributed by atoms with E-state index in [0.29, 0.717) is 10.7 Å². The van der Waals surface area contributed by atoms with E-state index in [1.807, 2.05) is 0 Å². The second-order valence-corrected chi connectivity index (χ2v) is 4.23. The van der Waals surface area contributed by atoms with Crippen LogP contribution in [0.3, 0.4) is 0 Å². The molecule has 0 bridgehead atoms. The van der Waals surface area contributed by atoms with Crippen LogP contribution in [0.1, 0.15) is 5.69 Å². The van der Waals surface area contributed by atoms with Crippen molar-refractivity contribution >= 4 is 35.1 Å². The molecule has 1 aromatic heterocycles. The van der Waals surface area contributed by atoms with E-state index in [2.05, 4.69) is 25.0 Å². The first-order chi connectivity index (χ1) is 10.5. The van der Waals surface area contributed by atoms with E-state index < -0.39 is 16.9 Å². The van der Waals surface area contributed by atoms with Gasteiger partial charge in [-0.15, -0.1) is 0 Å². The SMILES string of the molecule is N/C(=N/OC(=O)Nc1ccc(Cl)cc1)c1cc([N+](=O)[O-])on1. The molecular weight excluding hydrogens is 318 g/mol. The normalized spacial score (nSPS) is 11.0. The van der Waals surface area contributed by atoms with Crippen LogP contribution in [0.4, 0.5) is 16.4 Å². The zero-order valence-electron chi connectivity index (χ0n) is 10.7. The number of halogens is 1. The van der Waals surface area contributed by atoms with E-state index >= 15 is 0 Å². The Morgan fingerprint density at radius 2 is 2.14 bits per heavy atom. The van der Waals surface area contributed by atoms with E-state index in [1.54, 1.807) is 24.3 Å². The van der Waals surface area contributed by atoms with Crippen LogP contribution in [-0.4, -0.2) is 22.0 Å². The molecule has 2 aromatic rings. The fourth-order valence-corrected chi connectivity index (χ4v) is 1.41. The Bertz CT molecular complexity index is 727. The minimum Gasteiger partial charge on any atom is -0.379 e. The highest BCUT2D eigenvalue weighted by Gasteiger charge is 2.17. The topological polar surface area (TPSA) is 146 Å². The fourth-order valence-electron chi connectivity index (χ4n) is 1.28. The van der Waals surface area contributed by atoms with Crippen molar-refractivity contribution in [3.63, 3.8) is 0 Å². The van der Waals surface area contributed by atoms with E-state index in [1.165, 1.54) is 0 Å². The molecule has 2 rings (SSSR count). The molecule has 0 unspecified atom stereocenters. The summed E-state index contributed by atoms with van der Waals surface area (Å²) in [4.78, 5) is 25.6. The van der Waals surface area contributed by atoms with Crippen molar-refractivity contribution in [1.82, 2.24) is 5.16 Å². The molecule has 0 saturated heterocycles. The summed E-state index contributed by atoms with van der Waals surface area (Å²) in [7, 11) is 0. The van der Waals surface area contributed by atoms with Crippen LogP contribution in [-0.2, 0) is 4.84 Å². The number of hydrogen-bond donors (Lipinski definition) is 2. The fraction of sp³-hybridized carbons (Fsp3) is 0. The number of aromatic nitrogens is 1.